The van der Waals surface area contributed by atoms with Crippen LogP contribution >= 0.6 is 11.6 Å². The van der Waals surface area contributed by atoms with Crippen LogP contribution in [0.1, 0.15) is 0 Å². The summed E-state index contributed by atoms with van der Waals surface area (Å²) >= 11 is 5.93. The van der Waals surface area contributed by atoms with Crippen LogP contribution in [0.5, 0.6) is 5.75 Å². The molecule has 0 aliphatic carbocycles. The molecule has 5 nitrogen and oxygen atoms in total. The van der Waals surface area contributed by atoms with Crippen LogP contribution in [0.4, 0.5) is 10.1 Å². The lowest BCUT2D eigenvalue weighted by Crippen LogP contribution is -2.48. The molecule has 144 valence electrons. The molecule has 3 rings (SSSR count). The van der Waals surface area contributed by atoms with Gasteiger partial charge in [-0.3, -0.25) is 9.69 Å². The molecular formula is C20H23ClFN3O2. The van der Waals surface area contributed by atoms with Gasteiger partial charge >= 0.3 is 0 Å². The first-order valence-electron chi connectivity index (χ1n) is 8.99. The molecule has 0 radical (unpaired) electrons. The second kappa shape index (κ2) is 9.58. The second-order valence-electron chi connectivity index (χ2n) is 6.37. The SMILES string of the molecule is O=C(COc1ccccc1F)NCCN1CCN(c2ccc(Cl)cc2)CC1. The fraction of sp³-hybridized carbons (Fsp3) is 0.350. The lowest BCUT2D eigenvalue weighted by Gasteiger charge is -2.36. The highest BCUT2D eigenvalue weighted by atomic mass is 35.5. The average Bonchev–Trinajstić information content (AvgIpc) is 2.69. The molecule has 0 saturated carbocycles. The van der Waals surface area contributed by atoms with Gasteiger partial charge in [-0.1, -0.05) is 23.7 Å². The van der Waals surface area contributed by atoms with Gasteiger partial charge in [0.25, 0.3) is 5.91 Å². The maximum atomic E-state index is 13.4. The summed E-state index contributed by atoms with van der Waals surface area (Å²) in [5.74, 6) is -0.632. The van der Waals surface area contributed by atoms with E-state index in [1.807, 2.05) is 24.3 Å². The van der Waals surface area contributed by atoms with Gasteiger partial charge in [0.05, 0.1) is 0 Å². The minimum atomic E-state index is -0.469. The molecule has 1 N–H and O–H groups in total. The number of anilines is 1. The molecule has 2 aromatic carbocycles. The number of piperazine rings is 1. The Kier molecular flexibility index (Phi) is 6.90. The minimum absolute atomic E-state index is 0.0889. The van der Waals surface area contributed by atoms with Crippen LogP contribution in [0.25, 0.3) is 0 Å². The molecule has 0 unspecified atom stereocenters. The molecule has 0 spiro atoms. The van der Waals surface area contributed by atoms with E-state index in [4.69, 9.17) is 16.3 Å². The molecule has 1 fully saturated rings. The van der Waals surface area contributed by atoms with Gasteiger partial charge in [0.1, 0.15) is 0 Å². The third-order valence-electron chi connectivity index (χ3n) is 4.51. The zero-order chi connectivity index (χ0) is 19.1. The third-order valence-corrected chi connectivity index (χ3v) is 4.76. The first kappa shape index (κ1) is 19.5. The average molecular weight is 392 g/mol. The number of nitrogens with zero attached hydrogens (tertiary/aromatic N) is 2. The molecule has 2 aromatic rings. The Balaban J connectivity index is 1.32. The number of benzene rings is 2. The zero-order valence-electron chi connectivity index (χ0n) is 15.0. The number of carbonyl (C=O) groups is 1. The Labute approximate surface area is 163 Å². The molecule has 27 heavy (non-hydrogen) atoms. The van der Waals surface area contributed by atoms with Crippen LogP contribution in [0.2, 0.25) is 5.02 Å². The number of halogens is 2. The highest BCUT2D eigenvalue weighted by Crippen LogP contribution is 2.19. The van der Waals surface area contributed by atoms with Crippen molar-refractivity contribution in [3.63, 3.8) is 0 Å². The maximum absolute atomic E-state index is 13.4. The van der Waals surface area contributed by atoms with Crippen molar-refractivity contribution >= 4 is 23.2 Å². The molecule has 1 amide bonds. The van der Waals surface area contributed by atoms with Crippen molar-refractivity contribution in [1.82, 2.24) is 10.2 Å². The number of nitrogens with one attached hydrogen (secondary N) is 1. The summed E-state index contributed by atoms with van der Waals surface area (Å²) in [6.07, 6.45) is 0. The van der Waals surface area contributed by atoms with Crippen LogP contribution in [0.3, 0.4) is 0 Å². The number of para-hydroxylation sites is 1. The predicted molar refractivity (Wildman–Crippen MR) is 105 cm³/mol. The smallest absolute Gasteiger partial charge is 0.257 e. The number of hydrogen-bond acceptors (Lipinski definition) is 4. The fourth-order valence-corrected chi connectivity index (χ4v) is 3.12. The summed E-state index contributed by atoms with van der Waals surface area (Å²) < 4.78 is 18.6. The molecule has 1 heterocycles. The summed E-state index contributed by atoms with van der Waals surface area (Å²) in [4.78, 5) is 16.5. The van der Waals surface area contributed by atoms with Gasteiger partial charge in [0, 0.05) is 50.0 Å². The number of ether oxygens (including phenoxy) is 1. The topological polar surface area (TPSA) is 44.8 Å². The zero-order valence-corrected chi connectivity index (χ0v) is 15.8. The van der Waals surface area contributed by atoms with E-state index in [0.717, 1.165) is 37.7 Å². The number of hydrogen-bond donors (Lipinski definition) is 1. The van der Waals surface area contributed by atoms with Crippen molar-refractivity contribution in [2.75, 3.05) is 50.8 Å². The Bertz CT molecular complexity index is 749. The highest BCUT2D eigenvalue weighted by Gasteiger charge is 2.17. The van der Waals surface area contributed by atoms with Crippen molar-refractivity contribution in [2.24, 2.45) is 0 Å². The van der Waals surface area contributed by atoms with E-state index in [9.17, 15) is 9.18 Å². The maximum Gasteiger partial charge on any atom is 0.257 e. The Morgan fingerprint density at radius 2 is 1.78 bits per heavy atom. The van der Waals surface area contributed by atoms with Gasteiger partial charge in [0.2, 0.25) is 0 Å². The number of amides is 1. The van der Waals surface area contributed by atoms with Crippen LogP contribution in [0.15, 0.2) is 48.5 Å². The van der Waals surface area contributed by atoms with Crippen molar-refractivity contribution in [1.29, 1.82) is 0 Å². The molecule has 0 bridgehead atoms. The van der Waals surface area contributed by atoms with E-state index in [1.165, 1.54) is 17.8 Å². The third kappa shape index (κ3) is 5.84. The summed E-state index contributed by atoms with van der Waals surface area (Å²) in [7, 11) is 0. The molecule has 0 atom stereocenters. The summed E-state index contributed by atoms with van der Waals surface area (Å²) in [6, 6.07) is 13.9. The summed E-state index contributed by atoms with van der Waals surface area (Å²) in [5, 5.41) is 3.56. The Morgan fingerprint density at radius 1 is 1.07 bits per heavy atom. The van der Waals surface area contributed by atoms with Gasteiger partial charge in [-0.25, -0.2) is 4.39 Å². The van der Waals surface area contributed by atoms with Crippen LogP contribution < -0.4 is 15.0 Å². The molecular weight excluding hydrogens is 369 g/mol. The highest BCUT2D eigenvalue weighted by molar-refractivity contribution is 6.30. The number of carbonyl (C=O) groups excluding carboxylic acids is 1. The lowest BCUT2D eigenvalue weighted by molar-refractivity contribution is -0.123. The summed E-state index contributed by atoms with van der Waals surface area (Å²) in [5.41, 5.74) is 1.18. The van der Waals surface area contributed by atoms with Crippen molar-refractivity contribution in [3.05, 3.63) is 59.4 Å². The van der Waals surface area contributed by atoms with Crippen LogP contribution in [-0.4, -0.2) is 56.7 Å². The van der Waals surface area contributed by atoms with E-state index in [2.05, 4.69) is 15.1 Å². The van der Waals surface area contributed by atoms with E-state index < -0.39 is 5.82 Å². The largest absolute Gasteiger partial charge is 0.481 e. The summed E-state index contributed by atoms with van der Waals surface area (Å²) in [6.45, 7) is 4.87. The van der Waals surface area contributed by atoms with E-state index in [-0.39, 0.29) is 18.3 Å². The Hall–Kier alpha value is -2.31. The van der Waals surface area contributed by atoms with Crippen LogP contribution in [0, 0.1) is 5.82 Å². The first-order valence-corrected chi connectivity index (χ1v) is 9.36. The van der Waals surface area contributed by atoms with E-state index in [0.29, 0.717) is 6.54 Å². The standard InChI is InChI=1S/C20H23ClFN3O2/c21-16-5-7-17(8-6-16)25-13-11-24(12-14-25)10-9-23-20(26)15-27-19-4-2-1-3-18(19)22/h1-8H,9-15H2,(H,23,26). The van der Waals surface area contributed by atoms with E-state index in [1.54, 1.807) is 12.1 Å². The molecule has 1 aliphatic rings. The van der Waals surface area contributed by atoms with Gasteiger partial charge < -0.3 is 15.0 Å². The van der Waals surface area contributed by atoms with Crippen molar-refractivity contribution in [2.45, 2.75) is 0 Å². The number of rotatable bonds is 7. The lowest BCUT2D eigenvalue weighted by atomic mass is 10.2. The minimum Gasteiger partial charge on any atom is -0.481 e. The molecule has 1 saturated heterocycles. The van der Waals surface area contributed by atoms with Gasteiger partial charge in [0.15, 0.2) is 18.2 Å². The van der Waals surface area contributed by atoms with E-state index >= 15 is 0 Å². The second-order valence-corrected chi connectivity index (χ2v) is 6.81. The Morgan fingerprint density at radius 3 is 2.48 bits per heavy atom. The fourth-order valence-electron chi connectivity index (χ4n) is 2.99. The van der Waals surface area contributed by atoms with Crippen molar-refractivity contribution in [3.8, 4) is 5.75 Å². The van der Waals surface area contributed by atoms with Gasteiger partial charge in [-0.15, -0.1) is 0 Å². The molecule has 7 heteroatoms. The first-order chi connectivity index (χ1) is 13.1. The quantitative estimate of drug-likeness (QED) is 0.788. The predicted octanol–water partition coefficient (Wildman–Crippen LogP) is 2.80. The monoisotopic (exact) mass is 391 g/mol. The molecule has 0 aromatic heterocycles. The van der Waals surface area contributed by atoms with Crippen LogP contribution in [-0.2, 0) is 4.79 Å². The molecule has 1 aliphatic heterocycles. The van der Waals surface area contributed by atoms with Gasteiger partial charge in [-0.2, -0.15) is 0 Å². The normalized spacial score (nSPS) is 14.8. The van der Waals surface area contributed by atoms with Crippen molar-refractivity contribution < 1.29 is 13.9 Å². The van der Waals surface area contributed by atoms with Gasteiger partial charge in [-0.05, 0) is 36.4 Å².